The van der Waals surface area contributed by atoms with E-state index in [4.69, 9.17) is 4.43 Å². The number of halogens is 5. The predicted octanol–water partition coefficient (Wildman–Crippen LogP) is 2.89. The number of anilines is 1. The van der Waals surface area contributed by atoms with Crippen LogP contribution < -0.4 is 10.6 Å². The molecule has 21 heavy (non-hydrogen) atoms. The first-order valence-electron chi connectivity index (χ1n) is 5.72. The summed E-state index contributed by atoms with van der Waals surface area (Å²) in [6, 6.07) is -1.10. The summed E-state index contributed by atoms with van der Waals surface area (Å²) in [4.78, 5) is 11.5. The molecule has 4 nitrogen and oxygen atoms in total. The quantitative estimate of drug-likeness (QED) is 0.386. The highest BCUT2D eigenvalue weighted by Crippen LogP contribution is 2.26. The summed E-state index contributed by atoms with van der Waals surface area (Å²) in [6.45, 7) is 3.51. The predicted molar refractivity (Wildman–Crippen MR) is 67.7 cm³/mol. The largest absolute Gasteiger partial charge is 0.419 e. The van der Waals surface area contributed by atoms with Gasteiger partial charge in [-0.3, -0.25) is 0 Å². The normalized spacial score (nSPS) is 11.4. The molecule has 0 bridgehead atoms. The lowest BCUT2D eigenvalue weighted by Gasteiger charge is -2.20. The van der Waals surface area contributed by atoms with Crippen molar-refractivity contribution in [1.82, 2.24) is 5.32 Å². The molecular formula is C11H13F5N2O2Si. The Morgan fingerprint density at radius 3 is 1.86 bits per heavy atom. The molecule has 0 fully saturated rings. The molecule has 1 rings (SSSR count). The van der Waals surface area contributed by atoms with Crippen molar-refractivity contribution < 1.29 is 31.2 Å². The third-order valence-electron chi connectivity index (χ3n) is 2.68. The molecule has 0 spiro atoms. The van der Waals surface area contributed by atoms with E-state index in [0.29, 0.717) is 0 Å². The third kappa shape index (κ3) is 3.91. The van der Waals surface area contributed by atoms with Gasteiger partial charge in [0.05, 0.1) is 0 Å². The van der Waals surface area contributed by atoms with Crippen LogP contribution in [0.4, 0.5) is 32.4 Å². The van der Waals surface area contributed by atoms with Crippen molar-refractivity contribution in [3.05, 3.63) is 29.1 Å². The van der Waals surface area contributed by atoms with Crippen molar-refractivity contribution in [3.8, 4) is 0 Å². The zero-order valence-electron chi connectivity index (χ0n) is 11.4. The van der Waals surface area contributed by atoms with E-state index in [1.54, 1.807) is 18.4 Å². The van der Waals surface area contributed by atoms with Crippen LogP contribution in [-0.4, -0.2) is 27.6 Å². The maximum Gasteiger partial charge on any atom is 0.319 e. The first-order chi connectivity index (χ1) is 9.60. The fourth-order valence-corrected chi connectivity index (χ4v) is 1.97. The molecule has 0 unspecified atom stereocenters. The van der Waals surface area contributed by atoms with Gasteiger partial charge in [-0.1, -0.05) is 0 Å². The van der Waals surface area contributed by atoms with Gasteiger partial charge in [0.1, 0.15) is 5.69 Å². The highest BCUT2D eigenvalue weighted by Gasteiger charge is 2.27. The molecule has 0 aliphatic heterocycles. The standard InChI is InChI=1S/C11H13F5N2O2Si/c1-20-21(2,3)4-17-11(19)18-10-8(15)6(13)5(12)7(14)9(10)16/h4H2,1-3H3,(H2,17,18,19). The first kappa shape index (κ1) is 17.4. The van der Waals surface area contributed by atoms with Gasteiger partial charge in [0.2, 0.25) is 14.1 Å². The van der Waals surface area contributed by atoms with E-state index in [1.807, 2.05) is 0 Å². The van der Waals surface area contributed by atoms with E-state index >= 15 is 0 Å². The molecule has 118 valence electrons. The van der Waals surface area contributed by atoms with E-state index < -0.39 is 49.1 Å². The molecule has 0 heterocycles. The summed E-state index contributed by atoms with van der Waals surface area (Å²) in [5.41, 5.74) is -1.40. The average Bonchev–Trinajstić information content (AvgIpc) is 2.45. The number of urea groups is 1. The van der Waals surface area contributed by atoms with Crippen LogP contribution in [0.25, 0.3) is 0 Å². The molecule has 0 aromatic heterocycles. The zero-order chi connectivity index (χ0) is 16.4. The van der Waals surface area contributed by atoms with Crippen LogP contribution in [0.1, 0.15) is 0 Å². The number of hydrogen-bond donors (Lipinski definition) is 2. The minimum absolute atomic E-state index is 0.0880. The lowest BCUT2D eigenvalue weighted by molar-refractivity contribution is 0.252. The van der Waals surface area contributed by atoms with E-state index in [2.05, 4.69) is 5.32 Å². The smallest absolute Gasteiger partial charge is 0.319 e. The topological polar surface area (TPSA) is 50.4 Å². The lowest BCUT2D eigenvalue weighted by Crippen LogP contribution is -2.45. The van der Waals surface area contributed by atoms with Gasteiger partial charge in [-0.05, 0) is 13.1 Å². The van der Waals surface area contributed by atoms with Gasteiger partial charge in [-0.2, -0.15) is 0 Å². The third-order valence-corrected chi connectivity index (χ3v) is 4.81. The average molecular weight is 328 g/mol. The molecule has 1 aromatic rings. The SMILES string of the molecule is CO[Si](C)(C)CNC(=O)Nc1c(F)c(F)c(F)c(F)c1F. The number of hydrogen-bond acceptors (Lipinski definition) is 2. The monoisotopic (exact) mass is 328 g/mol. The number of nitrogens with one attached hydrogen (secondary N) is 2. The van der Waals surface area contributed by atoms with Crippen LogP contribution in [0.5, 0.6) is 0 Å². The molecule has 2 N–H and O–H groups in total. The maximum absolute atomic E-state index is 13.3. The summed E-state index contributed by atoms with van der Waals surface area (Å²) in [5, 5.41) is 3.85. The summed E-state index contributed by atoms with van der Waals surface area (Å²) >= 11 is 0. The molecule has 0 aliphatic rings. The van der Waals surface area contributed by atoms with Gasteiger partial charge in [-0.15, -0.1) is 0 Å². The first-order valence-corrected chi connectivity index (χ1v) is 8.83. The molecule has 2 amide bonds. The maximum atomic E-state index is 13.3. The van der Waals surface area contributed by atoms with Gasteiger partial charge in [0, 0.05) is 13.3 Å². The van der Waals surface area contributed by atoms with Crippen LogP contribution in [0.3, 0.4) is 0 Å². The summed E-state index contributed by atoms with van der Waals surface area (Å²) in [5.74, 6) is -10.8. The van der Waals surface area contributed by atoms with Crippen LogP contribution in [-0.2, 0) is 4.43 Å². The van der Waals surface area contributed by atoms with E-state index in [-0.39, 0.29) is 6.17 Å². The van der Waals surface area contributed by atoms with Crippen molar-refractivity contribution in [1.29, 1.82) is 0 Å². The number of benzene rings is 1. The molecule has 0 radical (unpaired) electrons. The Hall–Kier alpha value is -1.68. The molecule has 0 aliphatic carbocycles. The summed E-state index contributed by atoms with van der Waals surface area (Å²) in [6.07, 6.45) is 0.0880. The fourth-order valence-electron chi connectivity index (χ4n) is 1.24. The Balaban J connectivity index is 2.92. The van der Waals surface area contributed by atoms with Gasteiger partial charge >= 0.3 is 6.03 Å². The number of rotatable bonds is 4. The van der Waals surface area contributed by atoms with Crippen molar-refractivity contribution in [2.75, 3.05) is 18.6 Å². The van der Waals surface area contributed by atoms with Crippen LogP contribution >= 0.6 is 0 Å². The Kier molecular flexibility index (Phi) is 5.29. The van der Waals surface area contributed by atoms with E-state index in [0.717, 1.165) is 0 Å². The molecular weight excluding hydrogens is 315 g/mol. The highest BCUT2D eigenvalue weighted by molar-refractivity contribution is 6.71. The van der Waals surface area contributed by atoms with Crippen molar-refractivity contribution >= 4 is 20.0 Å². The minimum atomic E-state index is -2.29. The summed E-state index contributed by atoms with van der Waals surface area (Å²) in [7, 11) is -0.742. The molecule has 1 aromatic carbocycles. The number of carbonyl (C=O) groups is 1. The number of amides is 2. The van der Waals surface area contributed by atoms with Gasteiger partial charge in [0.15, 0.2) is 23.3 Å². The molecule has 0 saturated carbocycles. The van der Waals surface area contributed by atoms with Gasteiger partial charge < -0.3 is 15.1 Å². The van der Waals surface area contributed by atoms with Crippen molar-refractivity contribution in [2.45, 2.75) is 13.1 Å². The molecule has 0 atom stereocenters. The second-order valence-electron chi connectivity index (χ2n) is 4.72. The van der Waals surface area contributed by atoms with Crippen molar-refractivity contribution in [3.63, 3.8) is 0 Å². The highest BCUT2D eigenvalue weighted by atomic mass is 28.4. The lowest BCUT2D eigenvalue weighted by atomic mass is 10.2. The minimum Gasteiger partial charge on any atom is -0.419 e. The Bertz CT molecular complexity index is 539. The van der Waals surface area contributed by atoms with Gasteiger partial charge in [-0.25, -0.2) is 26.7 Å². The van der Waals surface area contributed by atoms with Crippen LogP contribution in [0.2, 0.25) is 13.1 Å². The van der Waals surface area contributed by atoms with E-state index in [1.165, 1.54) is 7.11 Å². The van der Waals surface area contributed by atoms with Crippen LogP contribution in [0, 0.1) is 29.1 Å². The van der Waals surface area contributed by atoms with E-state index in [9.17, 15) is 26.7 Å². The van der Waals surface area contributed by atoms with Crippen molar-refractivity contribution in [2.24, 2.45) is 0 Å². The second-order valence-corrected chi connectivity index (χ2v) is 9.00. The zero-order valence-corrected chi connectivity index (χ0v) is 12.4. The summed E-state index contributed by atoms with van der Waals surface area (Å²) < 4.78 is 70.5. The van der Waals surface area contributed by atoms with Crippen LogP contribution in [0.15, 0.2) is 0 Å². The Labute approximate surface area is 118 Å². The number of carbonyl (C=O) groups excluding carboxylic acids is 1. The molecule has 0 saturated heterocycles. The Morgan fingerprint density at radius 2 is 1.43 bits per heavy atom. The second kappa shape index (κ2) is 6.39. The fraction of sp³-hybridized carbons (Fsp3) is 0.364. The van der Waals surface area contributed by atoms with Gasteiger partial charge in [0.25, 0.3) is 0 Å². The molecule has 10 heteroatoms. The Morgan fingerprint density at radius 1 is 1.00 bits per heavy atom.